The molecule has 0 aliphatic carbocycles. The number of hydrogen-bond acceptors (Lipinski definition) is 3. The van der Waals surface area contributed by atoms with Crippen molar-refractivity contribution in [2.45, 2.75) is 51.6 Å². The van der Waals surface area contributed by atoms with Crippen LogP contribution in [0, 0.1) is 12.8 Å². The fraction of sp³-hybridized carbons (Fsp3) is 0.500. The molecule has 2 heterocycles. The third-order valence-electron chi connectivity index (χ3n) is 5.39. The van der Waals surface area contributed by atoms with Gasteiger partial charge in [0.2, 0.25) is 0 Å². The lowest BCUT2D eigenvalue weighted by Crippen LogP contribution is -2.41. The fourth-order valence-electron chi connectivity index (χ4n) is 3.72. The standard InChI is InChI=1S/C22H29NO2/c1-17(2)21-15-22(11-14-25-21,19-8-6-18(3)7-9-19)10-12-23-16-20-5-4-13-24-20/h4-9,13,16-17,21H,10-12,14-15H2,1-3H3/t21-,22+/m1/s1. The van der Waals surface area contributed by atoms with E-state index in [1.165, 1.54) is 11.1 Å². The third kappa shape index (κ3) is 4.40. The zero-order chi connectivity index (χ0) is 17.7. The van der Waals surface area contributed by atoms with Crippen LogP contribution in [0.3, 0.4) is 0 Å². The van der Waals surface area contributed by atoms with Gasteiger partial charge in [0, 0.05) is 18.6 Å². The average Bonchev–Trinajstić information content (AvgIpc) is 3.13. The Morgan fingerprint density at radius 3 is 2.72 bits per heavy atom. The minimum atomic E-state index is 0.154. The van der Waals surface area contributed by atoms with E-state index in [0.29, 0.717) is 12.0 Å². The summed E-state index contributed by atoms with van der Waals surface area (Å²) in [4.78, 5) is 4.61. The molecule has 1 saturated heterocycles. The smallest absolute Gasteiger partial charge is 0.144 e. The van der Waals surface area contributed by atoms with Crippen LogP contribution in [-0.2, 0) is 10.2 Å². The first-order chi connectivity index (χ1) is 12.1. The first-order valence-corrected chi connectivity index (χ1v) is 9.31. The second kappa shape index (κ2) is 8.01. The molecule has 0 radical (unpaired) electrons. The Bertz CT molecular complexity index is 673. The van der Waals surface area contributed by atoms with Crippen molar-refractivity contribution in [3.05, 3.63) is 59.5 Å². The van der Waals surface area contributed by atoms with E-state index in [9.17, 15) is 0 Å². The SMILES string of the molecule is Cc1ccc([C@@]2(CCN=Cc3ccco3)CCO[C@@H](C(C)C)C2)cc1. The van der Waals surface area contributed by atoms with Crippen LogP contribution in [0.1, 0.15) is 50.0 Å². The molecule has 1 aromatic heterocycles. The summed E-state index contributed by atoms with van der Waals surface area (Å²) >= 11 is 0. The molecule has 2 atom stereocenters. The minimum Gasteiger partial charge on any atom is -0.463 e. The zero-order valence-electron chi connectivity index (χ0n) is 15.6. The maximum absolute atomic E-state index is 6.05. The molecule has 0 N–H and O–H groups in total. The van der Waals surface area contributed by atoms with E-state index < -0.39 is 0 Å². The Labute approximate surface area is 151 Å². The van der Waals surface area contributed by atoms with Crippen molar-refractivity contribution in [1.82, 2.24) is 0 Å². The Balaban J connectivity index is 1.77. The topological polar surface area (TPSA) is 34.7 Å². The van der Waals surface area contributed by atoms with Gasteiger partial charge in [-0.2, -0.15) is 0 Å². The number of rotatable bonds is 6. The number of aryl methyl sites for hydroxylation is 1. The minimum absolute atomic E-state index is 0.154. The number of hydrogen-bond donors (Lipinski definition) is 0. The van der Waals surface area contributed by atoms with Gasteiger partial charge in [-0.25, -0.2) is 0 Å². The lowest BCUT2D eigenvalue weighted by atomic mass is 9.68. The number of ether oxygens (including phenoxy) is 1. The molecule has 1 aliphatic rings. The highest BCUT2D eigenvalue weighted by Crippen LogP contribution is 2.42. The van der Waals surface area contributed by atoms with Crippen LogP contribution in [0.5, 0.6) is 0 Å². The molecule has 0 amide bonds. The highest BCUT2D eigenvalue weighted by molar-refractivity contribution is 5.75. The van der Waals surface area contributed by atoms with Crippen LogP contribution >= 0.6 is 0 Å². The Morgan fingerprint density at radius 2 is 2.04 bits per heavy atom. The Hall–Kier alpha value is -1.87. The molecule has 25 heavy (non-hydrogen) atoms. The van der Waals surface area contributed by atoms with Crippen molar-refractivity contribution in [2.75, 3.05) is 13.2 Å². The van der Waals surface area contributed by atoms with Crippen LogP contribution in [0.15, 0.2) is 52.1 Å². The third-order valence-corrected chi connectivity index (χ3v) is 5.39. The van der Waals surface area contributed by atoms with E-state index in [4.69, 9.17) is 9.15 Å². The van der Waals surface area contributed by atoms with Crippen molar-refractivity contribution in [3.8, 4) is 0 Å². The summed E-state index contributed by atoms with van der Waals surface area (Å²) in [6.45, 7) is 8.29. The first-order valence-electron chi connectivity index (χ1n) is 9.31. The van der Waals surface area contributed by atoms with Gasteiger partial charge < -0.3 is 9.15 Å². The van der Waals surface area contributed by atoms with Crippen molar-refractivity contribution in [1.29, 1.82) is 0 Å². The van der Waals surface area contributed by atoms with Crippen LogP contribution in [0.4, 0.5) is 0 Å². The van der Waals surface area contributed by atoms with Gasteiger partial charge in [0.1, 0.15) is 5.76 Å². The predicted molar refractivity (Wildman–Crippen MR) is 102 cm³/mol. The lowest BCUT2D eigenvalue weighted by Gasteiger charge is -2.43. The molecule has 1 fully saturated rings. The summed E-state index contributed by atoms with van der Waals surface area (Å²) in [6, 6.07) is 12.9. The van der Waals surface area contributed by atoms with Crippen molar-refractivity contribution in [3.63, 3.8) is 0 Å². The van der Waals surface area contributed by atoms with Gasteiger partial charge in [-0.3, -0.25) is 4.99 Å². The number of benzene rings is 1. The van der Waals surface area contributed by atoms with Crippen molar-refractivity contribution >= 4 is 6.21 Å². The molecule has 0 bridgehead atoms. The van der Waals surface area contributed by atoms with E-state index >= 15 is 0 Å². The van der Waals surface area contributed by atoms with E-state index in [1.54, 1.807) is 6.26 Å². The monoisotopic (exact) mass is 339 g/mol. The van der Waals surface area contributed by atoms with Gasteiger partial charge in [-0.1, -0.05) is 43.7 Å². The van der Waals surface area contributed by atoms with Crippen LogP contribution in [0.2, 0.25) is 0 Å². The molecular formula is C22H29NO2. The molecule has 3 rings (SSSR count). The molecular weight excluding hydrogens is 310 g/mol. The first kappa shape index (κ1) is 17.9. The predicted octanol–water partition coefficient (Wildman–Crippen LogP) is 5.17. The Morgan fingerprint density at radius 1 is 1.24 bits per heavy atom. The summed E-state index contributed by atoms with van der Waals surface area (Å²) in [5, 5.41) is 0. The fourth-order valence-corrected chi connectivity index (χ4v) is 3.72. The van der Waals surface area contributed by atoms with E-state index in [2.05, 4.69) is 50.0 Å². The molecule has 134 valence electrons. The Kier molecular flexibility index (Phi) is 5.74. The maximum Gasteiger partial charge on any atom is 0.144 e. The van der Waals surface area contributed by atoms with Crippen LogP contribution in [-0.4, -0.2) is 25.5 Å². The number of furan rings is 1. The average molecular weight is 339 g/mol. The lowest BCUT2D eigenvalue weighted by molar-refractivity contribution is -0.0464. The second-order valence-corrected chi connectivity index (χ2v) is 7.55. The largest absolute Gasteiger partial charge is 0.463 e. The molecule has 0 saturated carbocycles. The summed E-state index contributed by atoms with van der Waals surface area (Å²) in [6.07, 6.45) is 7.02. The van der Waals surface area contributed by atoms with E-state index in [0.717, 1.165) is 38.2 Å². The number of nitrogens with zero attached hydrogens (tertiary/aromatic N) is 1. The molecule has 2 aromatic rings. The summed E-state index contributed by atoms with van der Waals surface area (Å²) < 4.78 is 11.4. The second-order valence-electron chi connectivity index (χ2n) is 7.55. The van der Waals surface area contributed by atoms with Gasteiger partial charge in [0.15, 0.2) is 0 Å². The summed E-state index contributed by atoms with van der Waals surface area (Å²) in [7, 11) is 0. The molecule has 1 aromatic carbocycles. The van der Waals surface area contributed by atoms with Gasteiger partial charge in [0.25, 0.3) is 0 Å². The molecule has 0 spiro atoms. The number of aliphatic imine (C=N–C) groups is 1. The summed E-state index contributed by atoms with van der Waals surface area (Å²) in [5.41, 5.74) is 2.89. The van der Waals surface area contributed by atoms with Crippen molar-refractivity contribution in [2.24, 2.45) is 10.9 Å². The molecule has 3 nitrogen and oxygen atoms in total. The van der Waals surface area contributed by atoms with Gasteiger partial charge in [-0.05, 0) is 49.8 Å². The quantitative estimate of drug-likeness (QED) is 0.681. The summed E-state index contributed by atoms with van der Waals surface area (Å²) in [5.74, 6) is 1.35. The van der Waals surface area contributed by atoms with Crippen LogP contribution in [0.25, 0.3) is 0 Å². The molecule has 1 aliphatic heterocycles. The normalized spacial score (nSPS) is 24.2. The van der Waals surface area contributed by atoms with Crippen LogP contribution < -0.4 is 0 Å². The van der Waals surface area contributed by atoms with Gasteiger partial charge in [-0.15, -0.1) is 0 Å². The van der Waals surface area contributed by atoms with E-state index in [-0.39, 0.29) is 5.41 Å². The molecule has 0 unspecified atom stereocenters. The van der Waals surface area contributed by atoms with E-state index in [1.807, 2.05) is 18.3 Å². The molecule has 3 heteroatoms. The van der Waals surface area contributed by atoms with Gasteiger partial charge in [0.05, 0.1) is 18.6 Å². The maximum atomic E-state index is 6.05. The highest BCUT2D eigenvalue weighted by atomic mass is 16.5. The highest BCUT2D eigenvalue weighted by Gasteiger charge is 2.39. The zero-order valence-corrected chi connectivity index (χ0v) is 15.6. The van der Waals surface area contributed by atoms with Crippen molar-refractivity contribution < 1.29 is 9.15 Å². The van der Waals surface area contributed by atoms with Gasteiger partial charge >= 0.3 is 0 Å².